The smallest absolute Gasteiger partial charge is 0.124 e. The van der Waals surface area contributed by atoms with Crippen molar-refractivity contribution in [2.75, 3.05) is 13.7 Å². The summed E-state index contributed by atoms with van der Waals surface area (Å²) in [6.07, 6.45) is 1.54. The highest BCUT2D eigenvalue weighted by Gasteiger charge is 2.22. The lowest BCUT2D eigenvalue weighted by Gasteiger charge is -2.19. The van der Waals surface area contributed by atoms with Gasteiger partial charge < -0.3 is 14.9 Å². The van der Waals surface area contributed by atoms with Gasteiger partial charge >= 0.3 is 0 Å². The fourth-order valence-electron chi connectivity index (χ4n) is 1.75. The van der Waals surface area contributed by atoms with Gasteiger partial charge in [-0.2, -0.15) is 11.3 Å². The molecule has 0 saturated carbocycles. The van der Waals surface area contributed by atoms with Crippen LogP contribution in [0.4, 0.5) is 0 Å². The van der Waals surface area contributed by atoms with Crippen molar-refractivity contribution in [3.8, 4) is 11.5 Å². The number of aliphatic imine (C=N–C) groups is 1. The van der Waals surface area contributed by atoms with Crippen molar-refractivity contribution in [3.63, 3.8) is 0 Å². The van der Waals surface area contributed by atoms with Crippen molar-refractivity contribution >= 4 is 17.6 Å². The normalized spacial score (nSPS) is 14.3. The highest BCUT2D eigenvalue weighted by Crippen LogP contribution is 2.24. The Balaban J connectivity index is 2.10. The Kier molecular flexibility index (Phi) is 4.42. The van der Waals surface area contributed by atoms with Crippen LogP contribution >= 0.6 is 11.3 Å². The van der Waals surface area contributed by atoms with Gasteiger partial charge in [0.25, 0.3) is 0 Å². The first-order valence-corrected chi connectivity index (χ1v) is 7.09. The van der Waals surface area contributed by atoms with Gasteiger partial charge in [-0.05, 0) is 47.5 Å². The van der Waals surface area contributed by atoms with Crippen molar-refractivity contribution in [3.05, 3.63) is 46.2 Å². The number of rotatable bonds is 5. The van der Waals surface area contributed by atoms with E-state index in [1.165, 1.54) is 11.3 Å². The molecule has 2 rings (SSSR count). The first-order valence-electron chi connectivity index (χ1n) is 6.15. The number of aromatic hydroxyl groups is 1. The number of aliphatic hydroxyl groups is 1. The van der Waals surface area contributed by atoms with Crippen LogP contribution in [0.5, 0.6) is 11.5 Å². The van der Waals surface area contributed by atoms with Crippen LogP contribution in [0.15, 0.2) is 40.0 Å². The van der Waals surface area contributed by atoms with Gasteiger partial charge in [-0.25, -0.2) is 0 Å². The van der Waals surface area contributed by atoms with Crippen LogP contribution in [-0.2, 0) is 5.60 Å². The maximum Gasteiger partial charge on any atom is 0.124 e. The van der Waals surface area contributed by atoms with Crippen molar-refractivity contribution < 1.29 is 14.9 Å². The summed E-state index contributed by atoms with van der Waals surface area (Å²) in [5.74, 6) is 0.776. The Morgan fingerprint density at radius 1 is 1.40 bits per heavy atom. The number of thiophene rings is 1. The fourth-order valence-corrected chi connectivity index (χ4v) is 2.53. The SMILES string of the molecule is COc1ccc(O)c(C=NCC(C)(O)c2ccsc2)c1. The summed E-state index contributed by atoms with van der Waals surface area (Å²) >= 11 is 1.54. The van der Waals surface area contributed by atoms with Crippen LogP contribution in [0.1, 0.15) is 18.1 Å². The molecule has 0 amide bonds. The molecule has 5 heteroatoms. The van der Waals surface area contributed by atoms with E-state index in [0.717, 1.165) is 5.56 Å². The van der Waals surface area contributed by atoms with E-state index in [1.807, 2.05) is 16.8 Å². The van der Waals surface area contributed by atoms with E-state index in [0.29, 0.717) is 11.3 Å². The van der Waals surface area contributed by atoms with Gasteiger partial charge in [0, 0.05) is 11.8 Å². The van der Waals surface area contributed by atoms with E-state index in [1.54, 1.807) is 38.4 Å². The first-order chi connectivity index (χ1) is 9.53. The number of hydrogen-bond donors (Lipinski definition) is 2. The van der Waals surface area contributed by atoms with E-state index in [-0.39, 0.29) is 12.3 Å². The quantitative estimate of drug-likeness (QED) is 0.833. The van der Waals surface area contributed by atoms with Crippen LogP contribution in [0.2, 0.25) is 0 Å². The summed E-state index contributed by atoms with van der Waals surface area (Å²) < 4.78 is 5.10. The van der Waals surface area contributed by atoms with Crippen LogP contribution < -0.4 is 4.74 Å². The molecule has 2 aromatic rings. The number of benzene rings is 1. The van der Waals surface area contributed by atoms with Gasteiger partial charge in [-0.1, -0.05) is 0 Å². The van der Waals surface area contributed by atoms with Crippen LogP contribution in [-0.4, -0.2) is 30.1 Å². The largest absolute Gasteiger partial charge is 0.507 e. The standard InChI is InChI=1S/C15H17NO3S/c1-15(18,12-5-6-20-9-12)10-16-8-11-7-13(19-2)3-4-14(11)17/h3-9,17-18H,10H2,1-2H3. The summed E-state index contributed by atoms with van der Waals surface area (Å²) in [6.45, 7) is 1.94. The molecule has 1 atom stereocenters. The lowest BCUT2D eigenvalue weighted by Crippen LogP contribution is -2.24. The Labute approximate surface area is 122 Å². The zero-order chi connectivity index (χ0) is 14.6. The predicted octanol–water partition coefficient (Wildman–Crippen LogP) is 2.79. The summed E-state index contributed by atoms with van der Waals surface area (Å²) in [7, 11) is 1.56. The maximum absolute atomic E-state index is 10.3. The van der Waals surface area contributed by atoms with Gasteiger partial charge in [0.15, 0.2) is 0 Å². The second-order valence-electron chi connectivity index (χ2n) is 4.68. The van der Waals surface area contributed by atoms with Crippen molar-refractivity contribution in [1.29, 1.82) is 0 Å². The minimum atomic E-state index is -1.01. The number of nitrogens with zero attached hydrogens (tertiary/aromatic N) is 1. The van der Waals surface area contributed by atoms with Crippen LogP contribution in [0, 0.1) is 0 Å². The predicted molar refractivity (Wildman–Crippen MR) is 81.0 cm³/mol. The number of methoxy groups -OCH3 is 1. The van der Waals surface area contributed by atoms with Gasteiger partial charge in [-0.3, -0.25) is 4.99 Å². The van der Waals surface area contributed by atoms with Gasteiger partial charge in [0.05, 0.1) is 13.7 Å². The molecule has 1 aromatic carbocycles. The van der Waals surface area contributed by atoms with Crippen molar-refractivity contribution in [1.82, 2.24) is 0 Å². The third-order valence-electron chi connectivity index (χ3n) is 3.01. The highest BCUT2D eigenvalue weighted by atomic mass is 32.1. The van der Waals surface area contributed by atoms with Gasteiger partial charge in [0.1, 0.15) is 17.1 Å². The average Bonchev–Trinajstić information content (AvgIpc) is 2.95. The second kappa shape index (κ2) is 6.07. The molecule has 1 aromatic heterocycles. The molecule has 20 heavy (non-hydrogen) atoms. The zero-order valence-electron chi connectivity index (χ0n) is 11.4. The topological polar surface area (TPSA) is 62.0 Å². The molecule has 0 aliphatic rings. The summed E-state index contributed by atoms with van der Waals surface area (Å²) in [5, 5.41) is 23.9. The lowest BCUT2D eigenvalue weighted by molar-refractivity contribution is 0.0680. The molecule has 4 nitrogen and oxygen atoms in total. The van der Waals surface area contributed by atoms with E-state index >= 15 is 0 Å². The molecule has 0 saturated heterocycles. The number of phenolic OH excluding ortho intramolecular Hbond substituents is 1. The molecule has 0 fully saturated rings. The Morgan fingerprint density at radius 2 is 2.20 bits per heavy atom. The van der Waals surface area contributed by atoms with Crippen molar-refractivity contribution in [2.45, 2.75) is 12.5 Å². The Hall–Kier alpha value is -1.85. The molecule has 1 unspecified atom stereocenters. The Morgan fingerprint density at radius 3 is 2.85 bits per heavy atom. The molecule has 2 N–H and O–H groups in total. The molecular weight excluding hydrogens is 274 g/mol. The summed E-state index contributed by atoms with van der Waals surface area (Å²) in [4.78, 5) is 4.22. The maximum atomic E-state index is 10.3. The summed E-state index contributed by atoms with van der Waals surface area (Å²) in [6, 6.07) is 6.80. The number of hydrogen-bond acceptors (Lipinski definition) is 5. The zero-order valence-corrected chi connectivity index (χ0v) is 12.2. The minimum absolute atomic E-state index is 0.129. The molecule has 1 heterocycles. The molecule has 0 bridgehead atoms. The monoisotopic (exact) mass is 291 g/mol. The minimum Gasteiger partial charge on any atom is -0.507 e. The van der Waals surface area contributed by atoms with Gasteiger partial charge in [-0.15, -0.1) is 0 Å². The average molecular weight is 291 g/mol. The van der Waals surface area contributed by atoms with E-state index in [4.69, 9.17) is 4.74 Å². The molecular formula is C15H17NO3S. The number of phenols is 1. The van der Waals surface area contributed by atoms with E-state index < -0.39 is 5.60 Å². The third kappa shape index (κ3) is 3.37. The summed E-state index contributed by atoms with van der Waals surface area (Å²) in [5.41, 5.74) is 0.394. The Bertz CT molecular complexity index is 591. The lowest BCUT2D eigenvalue weighted by atomic mass is 10.00. The molecule has 0 spiro atoms. The first kappa shape index (κ1) is 14.6. The van der Waals surface area contributed by atoms with E-state index in [2.05, 4.69) is 4.99 Å². The van der Waals surface area contributed by atoms with Crippen LogP contribution in [0.3, 0.4) is 0 Å². The fraction of sp³-hybridized carbons (Fsp3) is 0.267. The third-order valence-corrected chi connectivity index (χ3v) is 3.69. The molecule has 0 aliphatic heterocycles. The van der Waals surface area contributed by atoms with E-state index in [9.17, 15) is 10.2 Å². The number of ether oxygens (including phenoxy) is 1. The van der Waals surface area contributed by atoms with Crippen LogP contribution in [0.25, 0.3) is 0 Å². The highest BCUT2D eigenvalue weighted by molar-refractivity contribution is 7.08. The second-order valence-corrected chi connectivity index (χ2v) is 5.46. The van der Waals surface area contributed by atoms with Gasteiger partial charge in [0.2, 0.25) is 0 Å². The molecule has 0 aliphatic carbocycles. The molecule has 106 valence electrons. The van der Waals surface area contributed by atoms with Crippen molar-refractivity contribution in [2.24, 2.45) is 4.99 Å². The molecule has 0 radical (unpaired) electrons.